The van der Waals surface area contributed by atoms with E-state index < -0.39 is 5.97 Å². The molecule has 4 saturated carbocycles. The monoisotopic (exact) mass is 264 g/mol. The van der Waals surface area contributed by atoms with Gasteiger partial charge in [-0.1, -0.05) is 13.5 Å². The summed E-state index contributed by atoms with van der Waals surface area (Å²) in [6, 6.07) is 0. The quantitative estimate of drug-likeness (QED) is 0.434. The lowest BCUT2D eigenvalue weighted by Gasteiger charge is -2.60. The van der Waals surface area contributed by atoms with Gasteiger partial charge in [0.2, 0.25) is 0 Å². The van der Waals surface area contributed by atoms with Crippen molar-refractivity contribution < 1.29 is 14.3 Å². The van der Waals surface area contributed by atoms with Crippen LogP contribution in [0.2, 0.25) is 0 Å². The summed E-state index contributed by atoms with van der Waals surface area (Å²) >= 11 is 0. The minimum atomic E-state index is -0.393. The minimum Gasteiger partial charge on any atom is -0.435 e. The Bertz CT molecular complexity index is 346. The minimum absolute atomic E-state index is 0.0329. The van der Waals surface area contributed by atoms with Crippen LogP contribution in [-0.2, 0) is 14.3 Å². The maximum atomic E-state index is 11.1. The van der Waals surface area contributed by atoms with Crippen LogP contribution in [0.4, 0.5) is 0 Å². The predicted octanol–water partition coefficient (Wildman–Crippen LogP) is 3.29. The van der Waals surface area contributed by atoms with Gasteiger partial charge in [-0.2, -0.15) is 0 Å². The topological polar surface area (TPSA) is 35.5 Å². The number of ether oxygens (including phenoxy) is 2. The Balaban J connectivity index is 1.68. The van der Waals surface area contributed by atoms with Gasteiger partial charge in [-0.3, -0.25) is 0 Å². The molecule has 4 rings (SSSR count). The van der Waals surface area contributed by atoms with E-state index in [0.717, 1.165) is 18.3 Å². The Labute approximate surface area is 115 Å². The second-order valence-electron chi connectivity index (χ2n) is 6.54. The largest absolute Gasteiger partial charge is 0.435 e. The second kappa shape index (κ2) is 4.93. The van der Waals surface area contributed by atoms with Crippen molar-refractivity contribution in [3.05, 3.63) is 12.7 Å². The van der Waals surface area contributed by atoms with Crippen LogP contribution in [0.25, 0.3) is 0 Å². The highest BCUT2D eigenvalue weighted by Gasteiger charge is 2.57. The van der Waals surface area contributed by atoms with E-state index >= 15 is 0 Å². The molecule has 0 saturated heterocycles. The maximum Gasteiger partial charge on any atom is 0.332 e. The summed E-state index contributed by atoms with van der Waals surface area (Å²) in [4.78, 5) is 11.1. The number of carbonyl (C=O) groups is 1. The summed E-state index contributed by atoms with van der Waals surface area (Å²) in [5.74, 6) is 2.82. The smallest absolute Gasteiger partial charge is 0.332 e. The molecule has 4 bridgehead atoms. The van der Waals surface area contributed by atoms with Crippen LogP contribution in [0.1, 0.15) is 45.4 Å². The van der Waals surface area contributed by atoms with E-state index in [9.17, 15) is 4.79 Å². The highest BCUT2D eigenvalue weighted by atomic mass is 16.7. The number of carbonyl (C=O) groups excluding carboxylic acids is 1. The van der Waals surface area contributed by atoms with Gasteiger partial charge in [0.05, 0.1) is 5.60 Å². The van der Waals surface area contributed by atoms with E-state index in [4.69, 9.17) is 9.47 Å². The lowest BCUT2D eigenvalue weighted by atomic mass is 9.49. The molecule has 0 N–H and O–H groups in total. The molecule has 4 aliphatic rings. The fourth-order valence-corrected chi connectivity index (χ4v) is 5.15. The number of rotatable bonds is 5. The molecule has 0 amide bonds. The molecule has 0 aliphatic heterocycles. The Morgan fingerprint density at radius 1 is 1.21 bits per heavy atom. The lowest BCUT2D eigenvalue weighted by Crippen LogP contribution is -2.58. The summed E-state index contributed by atoms with van der Waals surface area (Å²) in [6.45, 7) is 5.71. The first kappa shape index (κ1) is 13.2. The first-order chi connectivity index (χ1) is 9.18. The molecule has 0 atom stereocenters. The lowest BCUT2D eigenvalue weighted by molar-refractivity contribution is -0.239. The zero-order chi connectivity index (χ0) is 13.5. The molecule has 0 spiro atoms. The van der Waals surface area contributed by atoms with Crippen LogP contribution in [-0.4, -0.2) is 18.4 Å². The number of esters is 1. The first-order valence-corrected chi connectivity index (χ1v) is 7.61. The van der Waals surface area contributed by atoms with Crippen LogP contribution < -0.4 is 0 Å². The van der Waals surface area contributed by atoms with Gasteiger partial charge in [-0.15, -0.1) is 0 Å². The zero-order valence-corrected chi connectivity index (χ0v) is 11.8. The fraction of sp³-hybridized carbons (Fsp3) is 0.812. The van der Waals surface area contributed by atoms with E-state index in [1.165, 1.54) is 38.2 Å². The van der Waals surface area contributed by atoms with Gasteiger partial charge in [0.15, 0.2) is 6.79 Å². The molecule has 0 radical (unpaired) electrons. The van der Waals surface area contributed by atoms with Crippen molar-refractivity contribution in [3.8, 4) is 0 Å². The van der Waals surface area contributed by atoms with Crippen molar-refractivity contribution in [2.24, 2.45) is 23.7 Å². The van der Waals surface area contributed by atoms with Crippen molar-refractivity contribution in [1.29, 1.82) is 0 Å². The van der Waals surface area contributed by atoms with Crippen LogP contribution in [0.15, 0.2) is 12.7 Å². The van der Waals surface area contributed by atoms with Crippen molar-refractivity contribution >= 4 is 5.97 Å². The average molecular weight is 264 g/mol. The van der Waals surface area contributed by atoms with Gasteiger partial charge < -0.3 is 9.47 Å². The normalized spacial score (nSPS) is 43.2. The molecule has 0 aromatic rings. The molecular formula is C16H24O3. The first-order valence-electron chi connectivity index (χ1n) is 7.61. The highest BCUT2D eigenvalue weighted by molar-refractivity contribution is 5.81. The van der Waals surface area contributed by atoms with Gasteiger partial charge >= 0.3 is 5.97 Å². The highest BCUT2D eigenvalue weighted by Crippen LogP contribution is 2.60. The second-order valence-corrected chi connectivity index (χ2v) is 6.54. The van der Waals surface area contributed by atoms with Crippen LogP contribution in [0.5, 0.6) is 0 Å². The molecular weight excluding hydrogens is 240 g/mol. The third kappa shape index (κ3) is 2.12. The van der Waals surface area contributed by atoms with Gasteiger partial charge in [0.25, 0.3) is 0 Å². The molecule has 3 heteroatoms. The van der Waals surface area contributed by atoms with Crippen LogP contribution >= 0.6 is 0 Å². The van der Waals surface area contributed by atoms with Gasteiger partial charge in [-0.25, -0.2) is 4.79 Å². The number of hydrogen-bond donors (Lipinski definition) is 0. The SMILES string of the molecule is C=CC(=O)OCOC1(CC)C2CC3CC(C2)CC1C3. The summed E-state index contributed by atoms with van der Waals surface area (Å²) in [7, 11) is 0. The summed E-state index contributed by atoms with van der Waals surface area (Å²) in [5.41, 5.74) is -0.0329. The van der Waals surface area contributed by atoms with E-state index in [0.29, 0.717) is 11.8 Å². The van der Waals surface area contributed by atoms with Gasteiger partial charge in [0, 0.05) is 6.08 Å². The predicted molar refractivity (Wildman–Crippen MR) is 72.3 cm³/mol. The van der Waals surface area contributed by atoms with Crippen LogP contribution in [0.3, 0.4) is 0 Å². The van der Waals surface area contributed by atoms with E-state index in [-0.39, 0.29) is 12.4 Å². The summed E-state index contributed by atoms with van der Waals surface area (Å²) in [5, 5.41) is 0. The van der Waals surface area contributed by atoms with Crippen molar-refractivity contribution in [2.45, 2.75) is 51.0 Å². The fourth-order valence-electron chi connectivity index (χ4n) is 5.15. The molecule has 0 aromatic carbocycles. The van der Waals surface area contributed by atoms with Crippen LogP contribution in [0, 0.1) is 23.7 Å². The molecule has 4 fully saturated rings. The number of hydrogen-bond acceptors (Lipinski definition) is 3. The Morgan fingerprint density at radius 2 is 1.79 bits per heavy atom. The molecule has 4 aliphatic carbocycles. The van der Waals surface area contributed by atoms with Crippen molar-refractivity contribution in [3.63, 3.8) is 0 Å². The van der Waals surface area contributed by atoms with Crippen molar-refractivity contribution in [1.82, 2.24) is 0 Å². The standard InChI is InChI=1S/C16H24O3/c1-3-15(17)18-10-19-16(4-2)13-6-11-5-12(8-13)9-14(16)7-11/h3,11-14H,1,4-10H2,2H3. The molecule has 0 aromatic heterocycles. The molecule has 19 heavy (non-hydrogen) atoms. The maximum absolute atomic E-state index is 11.1. The Hall–Kier alpha value is -0.830. The Morgan fingerprint density at radius 3 is 2.26 bits per heavy atom. The molecule has 0 unspecified atom stereocenters. The van der Waals surface area contributed by atoms with E-state index in [2.05, 4.69) is 13.5 Å². The Kier molecular flexibility index (Phi) is 3.42. The molecule has 106 valence electrons. The van der Waals surface area contributed by atoms with E-state index in [1.54, 1.807) is 0 Å². The summed E-state index contributed by atoms with van der Waals surface area (Å²) in [6.07, 6.45) is 8.93. The average Bonchev–Trinajstić information content (AvgIpc) is 2.41. The summed E-state index contributed by atoms with van der Waals surface area (Å²) < 4.78 is 11.2. The molecule has 0 heterocycles. The third-order valence-corrected chi connectivity index (χ3v) is 5.77. The third-order valence-electron chi connectivity index (χ3n) is 5.77. The van der Waals surface area contributed by atoms with E-state index in [1.807, 2.05) is 0 Å². The molecule has 3 nitrogen and oxygen atoms in total. The van der Waals surface area contributed by atoms with Crippen molar-refractivity contribution in [2.75, 3.05) is 6.79 Å². The zero-order valence-electron chi connectivity index (χ0n) is 11.8. The van der Waals surface area contributed by atoms with Gasteiger partial charge in [-0.05, 0) is 62.2 Å². The van der Waals surface area contributed by atoms with Gasteiger partial charge in [0.1, 0.15) is 0 Å².